The fraction of sp³-hybridized carbons (Fsp3) is 0.250. The molecule has 2 aliphatic carbocycles. The summed E-state index contributed by atoms with van der Waals surface area (Å²) in [6.45, 7) is 0. The maximum atomic E-state index is 12.1. The Bertz CT molecular complexity index is 746. The molecule has 0 saturated heterocycles. The van der Waals surface area contributed by atoms with Crippen LogP contribution >= 0.6 is 0 Å². The minimum Gasteiger partial charge on any atom is -0.465 e. The molecule has 0 amide bonds. The van der Waals surface area contributed by atoms with E-state index in [1.54, 1.807) is 0 Å². The maximum absolute atomic E-state index is 12.1. The molecule has 2 aromatic carbocycles. The molecule has 0 bridgehead atoms. The first-order valence-corrected chi connectivity index (χ1v) is 7.74. The highest BCUT2D eigenvalue weighted by Gasteiger charge is 2.44. The smallest absolute Gasteiger partial charge is 0.338 e. The predicted octanol–water partition coefficient (Wildman–Crippen LogP) is 4.39. The SMILES string of the molecule is COC(=O)c1cccc2c1C1CC(c3ccccc3)C1C=C2. The second-order valence-electron chi connectivity index (χ2n) is 6.10. The van der Waals surface area contributed by atoms with Crippen molar-refractivity contribution in [1.29, 1.82) is 0 Å². The predicted molar refractivity (Wildman–Crippen MR) is 86.8 cm³/mol. The lowest BCUT2D eigenvalue weighted by molar-refractivity contribution is 0.0596. The quantitative estimate of drug-likeness (QED) is 0.767. The van der Waals surface area contributed by atoms with Crippen molar-refractivity contribution < 1.29 is 9.53 Å². The van der Waals surface area contributed by atoms with Crippen LogP contribution in [-0.4, -0.2) is 13.1 Å². The van der Waals surface area contributed by atoms with E-state index in [-0.39, 0.29) is 5.97 Å². The Labute approximate surface area is 130 Å². The maximum Gasteiger partial charge on any atom is 0.338 e. The zero-order valence-electron chi connectivity index (χ0n) is 12.5. The van der Waals surface area contributed by atoms with E-state index >= 15 is 0 Å². The van der Waals surface area contributed by atoms with E-state index in [0.29, 0.717) is 17.8 Å². The summed E-state index contributed by atoms with van der Waals surface area (Å²) in [5, 5.41) is 0. The topological polar surface area (TPSA) is 26.3 Å². The van der Waals surface area contributed by atoms with Gasteiger partial charge < -0.3 is 4.74 Å². The summed E-state index contributed by atoms with van der Waals surface area (Å²) >= 11 is 0. The van der Waals surface area contributed by atoms with Crippen LogP contribution in [0.15, 0.2) is 54.6 Å². The Kier molecular flexibility index (Phi) is 3.11. The van der Waals surface area contributed by atoms with Gasteiger partial charge in [-0.25, -0.2) is 4.79 Å². The summed E-state index contributed by atoms with van der Waals surface area (Å²) in [5.74, 6) is 1.25. The molecule has 1 fully saturated rings. The minimum atomic E-state index is -0.228. The first-order valence-electron chi connectivity index (χ1n) is 7.74. The molecule has 22 heavy (non-hydrogen) atoms. The fourth-order valence-corrected chi connectivity index (χ4v) is 3.95. The van der Waals surface area contributed by atoms with Crippen molar-refractivity contribution in [3.63, 3.8) is 0 Å². The van der Waals surface area contributed by atoms with Crippen LogP contribution in [-0.2, 0) is 4.74 Å². The highest BCUT2D eigenvalue weighted by Crippen LogP contribution is 2.56. The molecule has 2 aromatic rings. The van der Waals surface area contributed by atoms with E-state index in [1.165, 1.54) is 18.2 Å². The molecule has 0 aliphatic heterocycles. The molecule has 3 unspecified atom stereocenters. The number of esters is 1. The molecule has 3 atom stereocenters. The highest BCUT2D eigenvalue weighted by atomic mass is 16.5. The van der Waals surface area contributed by atoms with Crippen molar-refractivity contribution in [3.05, 3.63) is 76.9 Å². The number of hydrogen-bond donors (Lipinski definition) is 0. The Morgan fingerprint density at radius 3 is 2.64 bits per heavy atom. The molecular weight excluding hydrogens is 272 g/mol. The second kappa shape index (κ2) is 5.13. The Morgan fingerprint density at radius 2 is 1.86 bits per heavy atom. The average Bonchev–Trinajstić information content (AvgIpc) is 2.55. The van der Waals surface area contributed by atoms with Crippen molar-refractivity contribution in [2.24, 2.45) is 5.92 Å². The molecule has 4 rings (SSSR count). The normalized spacial score (nSPS) is 24.9. The molecule has 1 saturated carbocycles. The van der Waals surface area contributed by atoms with Crippen LogP contribution in [0.25, 0.3) is 6.08 Å². The van der Waals surface area contributed by atoms with Crippen LogP contribution in [0.1, 0.15) is 45.3 Å². The summed E-state index contributed by atoms with van der Waals surface area (Å²) in [7, 11) is 1.45. The van der Waals surface area contributed by atoms with Gasteiger partial charge in [0.25, 0.3) is 0 Å². The van der Waals surface area contributed by atoms with E-state index in [1.807, 2.05) is 12.1 Å². The third-order valence-corrected chi connectivity index (χ3v) is 5.08. The largest absolute Gasteiger partial charge is 0.465 e. The number of fused-ring (bicyclic) bond motifs is 3. The van der Waals surface area contributed by atoms with Crippen LogP contribution in [0.3, 0.4) is 0 Å². The molecule has 2 heteroatoms. The zero-order chi connectivity index (χ0) is 15.1. The van der Waals surface area contributed by atoms with Crippen molar-refractivity contribution in [3.8, 4) is 0 Å². The molecule has 0 radical (unpaired) electrons. The molecule has 0 aromatic heterocycles. The number of ether oxygens (including phenoxy) is 1. The lowest BCUT2D eigenvalue weighted by Gasteiger charge is -2.47. The van der Waals surface area contributed by atoms with Gasteiger partial charge in [0.2, 0.25) is 0 Å². The van der Waals surface area contributed by atoms with Gasteiger partial charge in [-0.05, 0) is 46.9 Å². The minimum absolute atomic E-state index is 0.228. The first-order chi connectivity index (χ1) is 10.8. The number of carbonyl (C=O) groups excluding carboxylic acids is 1. The number of methoxy groups -OCH3 is 1. The Morgan fingerprint density at radius 1 is 1.05 bits per heavy atom. The van der Waals surface area contributed by atoms with Crippen molar-refractivity contribution in [2.45, 2.75) is 18.3 Å². The van der Waals surface area contributed by atoms with Crippen LogP contribution in [0.2, 0.25) is 0 Å². The number of benzene rings is 2. The van der Waals surface area contributed by atoms with Gasteiger partial charge in [0, 0.05) is 0 Å². The summed E-state index contributed by atoms with van der Waals surface area (Å²) < 4.78 is 4.96. The van der Waals surface area contributed by atoms with Crippen molar-refractivity contribution in [1.82, 2.24) is 0 Å². The monoisotopic (exact) mass is 290 g/mol. The van der Waals surface area contributed by atoms with Gasteiger partial charge in [-0.2, -0.15) is 0 Å². The van der Waals surface area contributed by atoms with Gasteiger partial charge in [0.1, 0.15) is 0 Å². The van der Waals surface area contributed by atoms with E-state index < -0.39 is 0 Å². The van der Waals surface area contributed by atoms with Crippen LogP contribution in [0.5, 0.6) is 0 Å². The van der Waals surface area contributed by atoms with Crippen molar-refractivity contribution >= 4 is 12.0 Å². The van der Waals surface area contributed by atoms with Gasteiger partial charge >= 0.3 is 5.97 Å². The van der Waals surface area contributed by atoms with Gasteiger partial charge in [-0.3, -0.25) is 0 Å². The number of carbonyl (C=O) groups is 1. The second-order valence-corrected chi connectivity index (χ2v) is 6.10. The molecule has 0 heterocycles. The third-order valence-electron chi connectivity index (χ3n) is 5.08. The van der Waals surface area contributed by atoms with Gasteiger partial charge in [-0.15, -0.1) is 0 Å². The molecule has 0 spiro atoms. The van der Waals surface area contributed by atoms with Gasteiger partial charge in [0.15, 0.2) is 0 Å². The molecule has 2 nitrogen and oxygen atoms in total. The molecule has 2 aliphatic rings. The zero-order valence-corrected chi connectivity index (χ0v) is 12.5. The lowest BCUT2D eigenvalue weighted by atomic mass is 9.57. The molecule has 110 valence electrons. The van der Waals surface area contributed by atoms with Crippen LogP contribution < -0.4 is 0 Å². The Hall–Kier alpha value is -2.35. The number of allylic oxidation sites excluding steroid dienone is 1. The highest BCUT2D eigenvalue weighted by molar-refractivity contribution is 5.93. The third kappa shape index (κ3) is 1.91. The summed E-state index contributed by atoms with van der Waals surface area (Å²) in [6.07, 6.45) is 5.58. The number of rotatable bonds is 2. The first kappa shape index (κ1) is 13.3. The van der Waals surface area contributed by atoms with Crippen LogP contribution in [0, 0.1) is 5.92 Å². The molecular formula is C20H18O2. The van der Waals surface area contributed by atoms with Gasteiger partial charge in [0.05, 0.1) is 12.7 Å². The van der Waals surface area contributed by atoms with Crippen molar-refractivity contribution in [2.75, 3.05) is 7.11 Å². The van der Waals surface area contributed by atoms with E-state index in [4.69, 9.17) is 4.74 Å². The average molecular weight is 290 g/mol. The molecule has 0 N–H and O–H groups in total. The van der Waals surface area contributed by atoms with E-state index in [2.05, 4.69) is 48.6 Å². The Balaban J connectivity index is 1.71. The summed E-state index contributed by atoms with van der Waals surface area (Å²) in [5.41, 5.74) is 4.46. The van der Waals surface area contributed by atoms with E-state index in [9.17, 15) is 4.79 Å². The summed E-state index contributed by atoms with van der Waals surface area (Å²) in [6, 6.07) is 16.6. The standard InChI is InChI=1S/C20H18O2/c1-22-20(21)16-9-5-8-14-10-11-15-17(12-18(15)19(14)16)13-6-3-2-4-7-13/h2-11,15,17-18H,12H2,1H3. The van der Waals surface area contributed by atoms with E-state index in [0.717, 1.165) is 17.5 Å². The summed E-state index contributed by atoms with van der Waals surface area (Å²) in [4.78, 5) is 12.1. The van der Waals surface area contributed by atoms with Gasteiger partial charge in [-0.1, -0.05) is 54.6 Å². The lowest BCUT2D eigenvalue weighted by Crippen LogP contribution is -2.35. The number of hydrogen-bond acceptors (Lipinski definition) is 2. The van der Waals surface area contributed by atoms with Crippen LogP contribution in [0.4, 0.5) is 0 Å². The fourth-order valence-electron chi connectivity index (χ4n) is 3.95.